The average molecular weight is 508 g/mol. The van der Waals surface area contributed by atoms with Crippen molar-refractivity contribution in [3.8, 4) is 5.69 Å². The van der Waals surface area contributed by atoms with E-state index in [-0.39, 0.29) is 11.5 Å². The van der Waals surface area contributed by atoms with Gasteiger partial charge in [0, 0.05) is 17.7 Å². The topological polar surface area (TPSA) is 122 Å². The van der Waals surface area contributed by atoms with Crippen LogP contribution in [0.5, 0.6) is 0 Å². The maximum Gasteiger partial charge on any atom is 0.257 e. The smallest absolute Gasteiger partial charge is 0.257 e. The molecule has 37 heavy (non-hydrogen) atoms. The van der Waals surface area contributed by atoms with Gasteiger partial charge in [0.25, 0.3) is 5.91 Å². The zero-order chi connectivity index (χ0) is 26.3. The Kier molecular flexibility index (Phi) is 6.57. The predicted octanol–water partition coefficient (Wildman–Crippen LogP) is 3.47. The molecule has 4 N–H and O–H groups in total. The second kappa shape index (κ2) is 9.83. The number of carbonyl (C=O) groups is 1. The number of halogens is 2. The summed E-state index contributed by atoms with van der Waals surface area (Å²) in [6, 6.07) is 7.65. The number of nitrogen functional groups attached to an aromatic ring is 1. The van der Waals surface area contributed by atoms with Crippen LogP contribution in [0.3, 0.4) is 0 Å². The zero-order valence-electron chi connectivity index (χ0n) is 20.4. The highest BCUT2D eigenvalue weighted by molar-refractivity contribution is 5.95. The molecular formula is C26H27F2N7O2. The van der Waals surface area contributed by atoms with Gasteiger partial charge in [-0.3, -0.25) is 4.79 Å². The number of anilines is 2. The van der Waals surface area contributed by atoms with Gasteiger partial charge in [0.15, 0.2) is 11.9 Å². The number of nitrogens with two attached hydrogens (primary N) is 1. The maximum atomic E-state index is 13.5. The summed E-state index contributed by atoms with van der Waals surface area (Å²) in [5.74, 6) is -2.00. The molecule has 2 aromatic heterocycles. The predicted molar refractivity (Wildman–Crippen MR) is 135 cm³/mol. The van der Waals surface area contributed by atoms with Crippen molar-refractivity contribution in [2.45, 2.75) is 31.8 Å². The molecular weight excluding hydrogens is 480 g/mol. The summed E-state index contributed by atoms with van der Waals surface area (Å²) in [7, 11) is 2.10. The second-order valence-corrected chi connectivity index (χ2v) is 9.43. The molecule has 0 spiro atoms. The first-order valence-electron chi connectivity index (χ1n) is 11.9. The molecule has 1 saturated heterocycles. The van der Waals surface area contributed by atoms with Crippen molar-refractivity contribution in [3.63, 3.8) is 0 Å². The molecule has 1 amide bonds. The molecule has 0 radical (unpaired) electrons. The summed E-state index contributed by atoms with van der Waals surface area (Å²) in [5, 5.41) is 17.8. The van der Waals surface area contributed by atoms with E-state index in [0.29, 0.717) is 23.1 Å². The normalized spacial score (nSPS) is 15.7. The van der Waals surface area contributed by atoms with Crippen molar-refractivity contribution >= 4 is 28.4 Å². The highest BCUT2D eigenvalue weighted by atomic mass is 19.1. The minimum absolute atomic E-state index is 0.178. The van der Waals surface area contributed by atoms with E-state index in [1.807, 2.05) is 6.92 Å². The van der Waals surface area contributed by atoms with Gasteiger partial charge in [-0.15, -0.1) is 0 Å². The van der Waals surface area contributed by atoms with E-state index in [1.165, 1.54) is 6.33 Å². The van der Waals surface area contributed by atoms with Crippen LogP contribution in [-0.2, 0) is 4.79 Å². The van der Waals surface area contributed by atoms with Gasteiger partial charge < -0.3 is 21.1 Å². The third-order valence-corrected chi connectivity index (χ3v) is 6.76. The van der Waals surface area contributed by atoms with Crippen molar-refractivity contribution in [2.75, 3.05) is 31.2 Å². The number of aryl methyl sites for hydroxylation is 1. The Morgan fingerprint density at radius 3 is 2.51 bits per heavy atom. The number of aliphatic hydroxyl groups is 1. The van der Waals surface area contributed by atoms with Gasteiger partial charge in [0.05, 0.1) is 11.4 Å². The van der Waals surface area contributed by atoms with E-state index >= 15 is 0 Å². The minimum atomic E-state index is -1.74. The lowest BCUT2D eigenvalue weighted by molar-refractivity contribution is -0.124. The van der Waals surface area contributed by atoms with E-state index in [4.69, 9.17) is 10.8 Å². The van der Waals surface area contributed by atoms with Crippen LogP contribution in [0, 0.1) is 18.6 Å². The van der Waals surface area contributed by atoms with Gasteiger partial charge in [-0.25, -0.2) is 23.4 Å². The van der Waals surface area contributed by atoms with Crippen LogP contribution in [-0.4, -0.2) is 55.8 Å². The zero-order valence-corrected chi connectivity index (χ0v) is 20.4. The fraction of sp³-hybridized carbons (Fsp3) is 0.308. The average Bonchev–Trinajstić information content (AvgIpc) is 3.24. The number of piperidine rings is 1. The lowest BCUT2D eigenvalue weighted by Gasteiger charge is -2.27. The van der Waals surface area contributed by atoms with Crippen molar-refractivity contribution < 1.29 is 18.7 Å². The molecule has 11 heteroatoms. The molecule has 2 aromatic carbocycles. The molecule has 1 aliphatic heterocycles. The Morgan fingerprint density at radius 1 is 1.14 bits per heavy atom. The lowest BCUT2D eigenvalue weighted by Crippen LogP contribution is -2.29. The van der Waals surface area contributed by atoms with Gasteiger partial charge in [-0.1, -0.05) is 0 Å². The second-order valence-electron chi connectivity index (χ2n) is 9.43. The number of carbonyl (C=O) groups excluding carboxylic acids is 1. The summed E-state index contributed by atoms with van der Waals surface area (Å²) >= 11 is 0. The summed E-state index contributed by atoms with van der Waals surface area (Å²) in [4.78, 5) is 23.5. The summed E-state index contributed by atoms with van der Waals surface area (Å²) < 4.78 is 28.7. The Bertz CT molecular complexity index is 1460. The van der Waals surface area contributed by atoms with Crippen LogP contribution >= 0.6 is 0 Å². The number of aromatic nitrogens is 4. The number of fused-ring (bicyclic) bond motifs is 1. The summed E-state index contributed by atoms with van der Waals surface area (Å²) in [6.45, 7) is 3.80. The van der Waals surface area contributed by atoms with Crippen molar-refractivity contribution in [1.29, 1.82) is 0 Å². The fourth-order valence-corrected chi connectivity index (χ4v) is 4.79. The molecule has 3 heterocycles. The first kappa shape index (κ1) is 24.7. The van der Waals surface area contributed by atoms with Crippen molar-refractivity contribution in [1.82, 2.24) is 24.6 Å². The van der Waals surface area contributed by atoms with E-state index in [1.54, 1.807) is 22.9 Å². The van der Waals surface area contributed by atoms with Crippen LogP contribution < -0.4 is 11.1 Å². The number of amides is 1. The molecule has 5 rings (SSSR count). The van der Waals surface area contributed by atoms with Gasteiger partial charge >= 0.3 is 0 Å². The highest BCUT2D eigenvalue weighted by Gasteiger charge is 2.27. The van der Waals surface area contributed by atoms with Crippen molar-refractivity contribution in [3.05, 3.63) is 71.2 Å². The number of nitrogens with zero attached hydrogens (tertiary/aromatic N) is 5. The Hall–Kier alpha value is -3.96. The number of hydrogen-bond donors (Lipinski definition) is 3. The quantitative estimate of drug-likeness (QED) is 0.378. The standard InChI is InChI=1S/C26H27F2N7O2/c1-14-9-19(32-26(37)24(36)16-10-17(27)12-18(28)11-16)3-4-20(14)35-23-22(30-13-31-25(23)29)21(33-35)15-5-7-34(2)8-6-15/h3-4,9-13,15,24,36H,5-8H2,1-2H3,(H,32,37)(H2,29,30,31). The van der Waals surface area contributed by atoms with Gasteiger partial charge in [-0.2, -0.15) is 5.10 Å². The van der Waals surface area contributed by atoms with E-state index in [0.717, 1.165) is 60.5 Å². The van der Waals surface area contributed by atoms with Crippen molar-refractivity contribution in [2.24, 2.45) is 0 Å². The number of hydrogen-bond acceptors (Lipinski definition) is 7. The minimum Gasteiger partial charge on any atom is -0.382 e. The molecule has 192 valence electrons. The molecule has 1 fully saturated rings. The lowest BCUT2D eigenvalue weighted by atomic mass is 9.93. The monoisotopic (exact) mass is 507 g/mol. The largest absolute Gasteiger partial charge is 0.382 e. The number of nitrogens with one attached hydrogen (secondary N) is 1. The summed E-state index contributed by atoms with van der Waals surface area (Å²) in [6.07, 6.45) is 1.64. The third-order valence-electron chi connectivity index (χ3n) is 6.76. The molecule has 0 saturated carbocycles. The van der Waals surface area contributed by atoms with E-state index in [9.17, 15) is 18.7 Å². The molecule has 9 nitrogen and oxygen atoms in total. The first-order valence-corrected chi connectivity index (χ1v) is 11.9. The number of aliphatic hydroxyl groups excluding tert-OH is 1. The van der Waals surface area contributed by atoms with Gasteiger partial charge in [-0.05, 0) is 81.4 Å². The third kappa shape index (κ3) is 4.87. The Balaban J connectivity index is 1.44. The van der Waals surface area contributed by atoms with Crippen LogP contribution in [0.15, 0.2) is 42.7 Å². The SMILES string of the molecule is Cc1cc(NC(=O)C(O)c2cc(F)cc(F)c2)ccc1-n1nc(C2CCN(C)CC2)c2ncnc(N)c21. The number of likely N-dealkylation sites (tertiary alicyclic amines) is 1. The van der Waals surface area contributed by atoms with Crippen LogP contribution in [0.2, 0.25) is 0 Å². The highest BCUT2D eigenvalue weighted by Crippen LogP contribution is 2.34. The first-order chi connectivity index (χ1) is 17.7. The Morgan fingerprint density at radius 2 is 1.84 bits per heavy atom. The van der Waals surface area contributed by atoms with Crippen LogP contribution in [0.1, 0.15) is 41.7 Å². The van der Waals surface area contributed by atoms with E-state index in [2.05, 4.69) is 27.2 Å². The molecule has 4 aromatic rings. The molecule has 1 aliphatic rings. The molecule has 0 bridgehead atoms. The van der Waals surface area contributed by atoms with Crippen LogP contribution in [0.4, 0.5) is 20.3 Å². The van der Waals surface area contributed by atoms with Gasteiger partial charge in [0.2, 0.25) is 0 Å². The number of benzene rings is 2. The van der Waals surface area contributed by atoms with E-state index < -0.39 is 23.6 Å². The Labute approximate surface area is 211 Å². The molecule has 0 aliphatic carbocycles. The summed E-state index contributed by atoms with van der Waals surface area (Å²) in [5.41, 5.74) is 10.2. The molecule has 1 unspecified atom stereocenters. The molecule has 1 atom stereocenters. The fourth-order valence-electron chi connectivity index (χ4n) is 4.79. The maximum absolute atomic E-state index is 13.5. The van der Waals surface area contributed by atoms with Gasteiger partial charge in [0.1, 0.15) is 29.0 Å². The number of rotatable bonds is 5. The van der Waals surface area contributed by atoms with Crippen LogP contribution in [0.25, 0.3) is 16.7 Å².